The Morgan fingerprint density at radius 1 is 1.36 bits per heavy atom. The third kappa shape index (κ3) is 4.02. The highest BCUT2D eigenvalue weighted by Gasteiger charge is 2.22. The summed E-state index contributed by atoms with van der Waals surface area (Å²) in [6.07, 6.45) is 4.92. The van der Waals surface area contributed by atoms with Crippen LogP contribution in [0, 0.1) is 5.92 Å². The van der Waals surface area contributed by atoms with Gasteiger partial charge in [-0.3, -0.25) is 4.79 Å². The van der Waals surface area contributed by atoms with Gasteiger partial charge in [0.25, 0.3) is 0 Å². The molecule has 1 saturated carbocycles. The van der Waals surface area contributed by atoms with E-state index >= 15 is 0 Å². The van der Waals surface area contributed by atoms with Gasteiger partial charge in [-0.05, 0) is 30.9 Å². The molecule has 3 nitrogen and oxygen atoms in total. The molecule has 5 heteroatoms. The van der Waals surface area contributed by atoms with E-state index in [1.54, 1.807) is 23.1 Å². The Balaban J connectivity index is 1.45. The average Bonchev–Trinajstić information content (AvgIpc) is 2.92. The molecule has 1 aliphatic rings. The van der Waals surface area contributed by atoms with Gasteiger partial charge < -0.3 is 5.32 Å². The SMILES string of the molecule is CC1CCCCC1NC(=O)CSCc1nc2ccccc2s1. The van der Waals surface area contributed by atoms with Crippen molar-refractivity contribution in [2.24, 2.45) is 5.92 Å². The van der Waals surface area contributed by atoms with Gasteiger partial charge in [0.1, 0.15) is 5.01 Å². The largest absolute Gasteiger partial charge is 0.352 e. The van der Waals surface area contributed by atoms with Gasteiger partial charge in [-0.2, -0.15) is 0 Å². The fourth-order valence-corrected chi connectivity index (χ4v) is 4.85. The molecule has 0 saturated heterocycles. The highest BCUT2D eigenvalue weighted by atomic mass is 32.2. The molecule has 1 N–H and O–H groups in total. The normalized spacial score (nSPS) is 21.9. The zero-order valence-corrected chi connectivity index (χ0v) is 14.5. The molecular weight excluding hydrogens is 312 g/mol. The van der Waals surface area contributed by atoms with Crippen molar-refractivity contribution in [3.8, 4) is 0 Å². The third-order valence-electron chi connectivity index (χ3n) is 4.25. The molecule has 1 amide bonds. The summed E-state index contributed by atoms with van der Waals surface area (Å²) in [6, 6.07) is 8.56. The Kier molecular flexibility index (Phi) is 5.37. The van der Waals surface area contributed by atoms with Crippen LogP contribution in [0.1, 0.15) is 37.6 Å². The Morgan fingerprint density at radius 2 is 2.18 bits per heavy atom. The van der Waals surface area contributed by atoms with E-state index in [4.69, 9.17) is 0 Å². The number of carbonyl (C=O) groups is 1. The minimum absolute atomic E-state index is 0.171. The zero-order valence-electron chi connectivity index (χ0n) is 12.9. The second-order valence-electron chi connectivity index (χ2n) is 6.00. The lowest BCUT2D eigenvalue weighted by Crippen LogP contribution is -2.41. The molecule has 118 valence electrons. The number of aromatic nitrogens is 1. The number of amides is 1. The van der Waals surface area contributed by atoms with E-state index in [1.165, 1.54) is 24.0 Å². The molecule has 0 aliphatic heterocycles. The molecule has 1 aromatic carbocycles. The maximum absolute atomic E-state index is 12.1. The monoisotopic (exact) mass is 334 g/mol. The lowest BCUT2D eigenvalue weighted by molar-refractivity contribution is -0.119. The van der Waals surface area contributed by atoms with Crippen molar-refractivity contribution in [2.45, 2.75) is 44.4 Å². The van der Waals surface area contributed by atoms with Crippen molar-refractivity contribution in [1.29, 1.82) is 0 Å². The third-order valence-corrected chi connectivity index (χ3v) is 6.42. The number of benzene rings is 1. The van der Waals surface area contributed by atoms with E-state index in [9.17, 15) is 4.79 Å². The molecule has 2 unspecified atom stereocenters. The Labute approximate surface area is 139 Å². The molecule has 1 aromatic heterocycles. The molecule has 1 aliphatic carbocycles. The van der Waals surface area contributed by atoms with E-state index in [0.29, 0.717) is 17.7 Å². The van der Waals surface area contributed by atoms with Crippen molar-refractivity contribution < 1.29 is 4.79 Å². The molecular formula is C17H22N2OS2. The Bertz CT molecular complexity index is 607. The van der Waals surface area contributed by atoms with Crippen LogP contribution in [0.25, 0.3) is 10.2 Å². The number of thiazole rings is 1. The molecule has 1 fully saturated rings. The van der Waals surface area contributed by atoms with E-state index in [2.05, 4.69) is 23.3 Å². The summed E-state index contributed by atoms with van der Waals surface area (Å²) in [5.41, 5.74) is 1.06. The maximum atomic E-state index is 12.1. The van der Waals surface area contributed by atoms with Crippen LogP contribution in [0.2, 0.25) is 0 Å². The zero-order chi connectivity index (χ0) is 15.4. The fourth-order valence-electron chi connectivity index (χ4n) is 2.99. The smallest absolute Gasteiger partial charge is 0.230 e. The number of carbonyl (C=O) groups excluding carboxylic acids is 1. The first-order valence-electron chi connectivity index (χ1n) is 7.94. The van der Waals surface area contributed by atoms with E-state index in [-0.39, 0.29) is 5.91 Å². The van der Waals surface area contributed by atoms with Crippen LogP contribution >= 0.6 is 23.1 Å². The standard InChI is InChI=1S/C17H22N2OS2/c1-12-6-2-3-7-13(12)18-16(20)10-21-11-17-19-14-8-4-5-9-15(14)22-17/h4-5,8-9,12-13H,2-3,6-7,10-11H2,1H3,(H,18,20). The second kappa shape index (κ2) is 7.47. The van der Waals surface area contributed by atoms with Crippen LogP contribution in [-0.4, -0.2) is 22.7 Å². The van der Waals surface area contributed by atoms with E-state index < -0.39 is 0 Å². The summed E-state index contributed by atoms with van der Waals surface area (Å²) in [7, 11) is 0. The number of fused-ring (bicyclic) bond motifs is 1. The molecule has 2 aromatic rings. The number of nitrogens with zero attached hydrogens (tertiary/aromatic N) is 1. The lowest BCUT2D eigenvalue weighted by Gasteiger charge is -2.29. The quantitative estimate of drug-likeness (QED) is 0.890. The van der Waals surface area contributed by atoms with E-state index in [1.807, 2.05) is 18.2 Å². The summed E-state index contributed by atoms with van der Waals surface area (Å²) in [5, 5.41) is 4.31. The summed E-state index contributed by atoms with van der Waals surface area (Å²) in [6.45, 7) is 2.25. The summed E-state index contributed by atoms with van der Waals surface area (Å²) in [5.74, 6) is 2.13. The van der Waals surface area contributed by atoms with E-state index in [0.717, 1.165) is 22.7 Å². The number of hydrogen-bond acceptors (Lipinski definition) is 4. The van der Waals surface area contributed by atoms with Gasteiger partial charge in [-0.1, -0.05) is 31.9 Å². The molecule has 22 heavy (non-hydrogen) atoms. The minimum Gasteiger partial charge on any atom is -0.352 e. The highest BCUT2D eigenvalue weighted by Crippen LogP contribution is 2.25. The van der Waals surface area contributed by atoms with Gasteiger partial charge >= 0.3 is 0 Å². The molecule has 0 bridgehead atoms. The topological polar surface area (TPSA) is 42.0 Å². The average molecular weight is 335 g/mol. The fraction of sp³-hybridized carbons (Fsp3) is 0.529. The Hall–Kier alpha value is -1.07. The van der Waals surface area contributed by atoms with Crippen molar-refractivity contribution in [3.63, 3.8) is 0 Å². The first-order valence-corrected chi connectivity index (χ1v) is 9.91. The van der Waals surface area contributed by atoms with Crippen molar-refractivity contribution >= 4 is 39.2 Å². The van der Waals surface area contributed by atoms with Crippen LogP contribution in [0.3, 0.4) is 0 Å². The van der Waals surface area contributed by atoms with Crippen LogP contribution in [0.5, 0.6) is 0 Å². The van der Waals surface area contributed by atoms with Gasteiger partial charge in [-0.25, -0.2) is 4.98 Å². The van der Waals surface area contributed by atoms with Gasteiger partial charge in [-0.15, -0.1) is 23.1 Å². The lowest BCUT2D eigenvalue weighted by atomic mass is 9.86. The molecule has 0 spiro atoms. The highest BCUT2D eigenvalue weighted by molar-refractivity contribution is 7.99. The van der Waals surface area contributed by atoms with Gasteiger partial charge in [0.2, 0.25) is 5.91 Å². The van der Waals surface area contributed by atoms with Gasteiger partial charge in [0, 0.05) is 11.8 Å². The maximum Gasteiger partial charge on any atom is 0.230 e. The van der Waals surface area contributed by atoms with Crippen molar-refractivity contribution in [1.82, 2.24) is 10.3 Å². The summed E-state index contributed by atoms with van der Waals surface area (Å²) >= 11 is 3.38. The number of para-hydroxylation sites is 1. The minimum atomic E-state index is 0.171. The van der Waals surface area contributed by atoms with Crippen LogP contribution in [0.15, 0.2) is 24.3 Å². The first kappa shape index (κ1) is 15.8. The van der Waals surface area contributed by atoms with Crippen LogP contribution < -0.4 is 5.32 Å². The van der Waals surface area contributed by atoms with Crippen molar-refractivity contribution in [2.75, 3.05) is 5.75 Å². The molecule has 0 radical (unpaired) electrons. The first-order chi connectivity index (χ1) is 10.7. The molecule has 2 atom stereocenters. The van der Waals surface area contributed by atoms with Crippen molar-refractivity contribution in [3.05, 3.63) is 29.3 Å². The number of rotatable bonds is 5. The van der Waals surface area contributed by atoms with Crippen LogP contribution in [-0.2, 0) is 10.5 Å². The predicted octanol–water partition coefficient (Wildman–Crippen LogP) is 4.22. The second-order valence-corrected chi connectivity index (χ2v) is 8.10. The Morgan fingerprint density at radius 3 is 3.00 bits per heavy atom. The van der Waals surface area contributed by atoms with Crippen LogP contribution in [0.4, 0.5) is 0 Å². The number of thioether (sulfide) groups is 1. The predicted molar refractivity (Wildman–Crippen MR) is 95.3 cm³/mol. The van der Waals surface area contributed by atoms with Gasteiger partial charge in [0.05, 0.1) is 16.0 Å². The molecule has 3 rings (SSSR count). The van der Waals surface area contributed by atoms with Gasteiger partial charge in [0.15, 0.2) is 0 Å². The number of hydrogen-bond donors (Lipinski definition) is 1. The molecule has 1 heterocycles. The summed E-state index contributed by atoms with van der Waals surface area (Å²) in [4.78, 5) is 16.7. The number of nitrogens with one attached hydrogen (secondary N) is 1. The summed E-state index contributed by atoms with van der Waals surface area (Å²) < 4.78 is 1.22.